The Morgan fingerprint density at radius 1 is 1.10 bits per heavy atom. The van der Waals surface area contributed by atoms with E-state index in [-0.39, 0.29) is 19.7 Å². The first-order valence-corrected chi connectivity index (χ1v) is 11.4. The minimum atomic E-state index is -3.63. The highest BCUT2D eigenvalue weighted by Crippen LogP contribution is 2.24. The largest absolute Gasteiger partial charge is 0.395 e. The second-order valence-corrected chi connectivity index (χ2v) is 9.08. The number of carbonyl (C=O) groups is 2. The van der Waals surface area contributed by atoms with Gasteiger partial charge in [0, 0.05) is 20.1 Å². The lowest BCUT2D eigenvalue weighted by atomic mass is 10.0. The second kappa shape index (κ2) is 11.0. The molecular formula is C21H26FN3O5S. The monoisotopic (exact) mass is 451 g/mol. The number of amides is 2. The molecule has 10 heteroatoms. The van der Waals surface area contributed by atoms with Crippen LogP contribution in [0.4, 0.5) is 4.39 Å². The van der Waals surface area contributed by atoms with Crippen LogP contribution in [0.5, 0.6) is 0 Å². The molecule has 2 aromatic rings. The van der Waals surface area contributed by atoms with E-state index in [4.69, 9.17) is 5.11 Å². The summed E-state index contributed by atoms with van der Waals surface area (Å²) in [6.45, 7) is -0.820. The lowest BCUT2D eigenvalue weighted by molar-refractivity contribution is -0.141. The zero-order valence-electron chi connectivity index (χ0n) is 17.4. The molecule has 2 aromatic carbocycles. The molecule has 0 aromatic heterocycles. The van der Waals surface area contributed by atoms with Crippen molar-refractivity contribution >= 4 is 21.8 Å². The summed E-state index contributed by atoms with van der Waals surface area (Å²) < 4.78 is 37.8. The lowest BCUT2D eigenvalue weighted by Gasteiger charge is -2.32. The Morgan fingerprint density at radius 3 is 2.26 bits per heavy atom. The van der Waals surface area contributed by atoms with Gasteiger partial charge in [-0.25, -0.2) is 12.8 Å². The van der Waals surface area contributed by atoms with Gasteiger partial charge in [-0.15, -0.1) is 0 Å². The van der Waals surface area contributed by atoms with E-state index in [1.54, 1.807) is 30.3 Å². The van der Waals surface area contributed by atoms with Gasteiger partial charge in [0.15, 0.2) is 0 Å². The molecular weight excluding hydrogens is 425 g/mol. The molecule has 0 radical (unpaired) electrons. The number of hydrogen-bond acceptors (Lipinski definition) is 5. The van der Waals surface area contributed by atoms with Gasteiger partial charge in [0.1, 0.15) is 11.9 Å². The van der Waals surface area contributed by atoms with Gasteiger partial charge in [-0.2, -0.15) is 4.31 Å². The van der Waals surface area contributed by atoms with Gasteiger partial charge >= 0.3 is 0 Å². The highest BCUT2D eigenvalue weighted by molar-refractivity contribution is 7.88. The van der Waals surface area contributed by atoms with E-state index in [1.165, 1.54) is 36.2 Å². The van der Waals surface area contributed by atoms with Crippen LogP contribution < -0.4 is 5.32 Å². The van der Waals surface area contributed by atoms with Gasteiger partial charge in [-0.05, 0) is 23.3 Å². The zero-order valence-corrected chi connectivity index (χ0v) is 18.2. The number of nitrogens with one attached hydrogen (secondary N) is 1. The number of sulfonamides is 1. The molecule has 1 atom stereocenters. The summed E-state index contributed by atoms with van der Waals surface area (Å²) in [5, 5.41) is 11.7. The van der Waals surface area contributed by atoms with Crippen molar-refractivity contribution in [2.45, 2.75) is 12.6 Å². The normalized spacial score (nSPS) is 12.4. The predicted octanol–water partition coefficient (Wildman–Crippen LogP) is 0.895. The van der Waals surface area contributed by atoms with Gasteiger partial charge in [0.05, 0.1) is 19.4 Å². The Bertz CT molecular complexity index is 984. The van der Waals surface area contributed by atoms with Crippen molar-refractivity contribution in [2.75, 3.05) is 33.0 Å². The molecule has 0 saturated carbocycles. The SMILES string of the molecule is CN(CC(=O)N(Cc1ccc(F)cc1)[C@H](C(=O)NCCO)c1ccccc1)S(C)(=O)=O. The Balaban J connectivity index is 2.47. The van der Waals surface area contributed by atoms with Crippen molar-refractivity contribution < 1.29 is 27.5 Å². The number of aliphatic hydroxyl groups excluding tert-OH is 1. The fourth-order valence-electron chi connectivity index (χ4n) is 2.89. The molecule has 0 heterocycles. The van der Waals surface area contributed by atoms with Crippen molar-refractivity contribution in [3.8, 4) is 0 Å². The third kappa shape index (κ3) is 7.12. The summed E-state index contributed by atoms with van der Waals surface area (Å²) in [5.41, 5.74) is 1.07. The van der Waals surface area contributed by atoms with Crippen molar-refractivity contribution in [1.82, 2.24) is 14.5 Å². The number of halogens is 1. The van der Waals surface area contributed by atoms with Crippen molar-refractivity contribution in [3.05, 3.63) is 71.5 Å². The standard InChI is InChI=1S/C21H26FN3O5S/c1-24(31(2,29)30)15-19(27)25(14-16-8-10-18(22)11-9-16)20(21(28)23-12-13-26)17-6-4-3-5-7-17/h3-11,20,26H,12-15H2,1-2H3,(H,23,28)/t20-/m0/s1. The molecule has 0 aliphatic rings. The fraction of sp³-hybridized carbons (Fsp3) is 0.333. The molecule has 0 aliphatic heterocycles. The predicted molar refractivity (Wildman–Crippen MR) is 114 cm³/mol. The van der Waals surface area contributed by atoms with Crippen LogP contribution in [0.15, 0.2) is 54.6 Å². The summed E-state index contributed by atoms with van der Waals surface area (Å²) in [6, 6.07) is 12.9. The highest BCUT2D eigenvalue weighted by Gasteiger charge is 2.32. The summed E-state index contributed by atoms with van der Waals surface area (Å²) in [5.74, 6) is -1.58. The summed E-state index contributed by atoms with van der Waals surface area (Å²) in [4.78, 5) is 27.4. The minimum Gasteiger partial charge on any atom is -0.395 e. The summed E-state index contributed by atoms with van der Waals surface area (Å²) in [6.07, 6.45) is 0.979. The van der Waals surface area contributed by atoms with Gasteiger partial charge < -0.3 is 15.3 Å². The number of nitrogens with zero attached hydrogens (tertiary/aromatic N) is 2. The minimum absolute atomic E-state index is 0.00993. The zero-order chi connectivity index (χ0) is 23.0. The van der Waals surface area contributed by atoms with Crippen LogP contribution in [-0.2, 0) is 26.2 Å². The molecule has 2 rings (SSSR count). The first-order chi connectivity index (χ1) is 14.6. The molecule has 8 nitrogen and oxygen atoms in total. The topological polar surface area (TPSA) is 107 Å². The van der Waals surface area contributed by atoms with Gasteiger partial charge in [-0.1, -0.05) is 42.5 Å². The van der Waals surface area contributed by atoms with E-state index in [9.17, 15) is 22.4 Å². The molecule has 0 bridgehead atoms. The van der Waals surface area contributed by atoms with E-state index in [0.29, 0.717) is 11.1 Å². The molecule has 0 spiro atoms. The second-order valence-electron chi connectivity index (χ2n) is 6.99. The maximum absolute atomic E-state index is 13.3. The number of benzene rings is 2. The summed E-state index contributed by atoms with van der Waals surface area (Å²) in [7, 11) is -2.36. The maximum atomic E-state index is 13.3. The lowest BCUT2D eigenvalue weighted by Crippen LogP contribution is -2.47. The molecule has 2 N–H and O–H groups in total. The third-order valence-electron chi connectivity index (χ3n) is 4.60. The van der Waals surface area contributed by atoms with E-state index in [2.05, 4.69) is 5.32 Å². The molecule has 2 amide bonds. The van der Waals surface area contributed by atoms with Crippen LogP contribution in [0.1, 0.15) is 17.2 Å². The Labute approximate surface area is 181 Å². The number of carbonyl (C=O) groups excluding carboxylic acids is 2. The van der Waals surface area contributed by atoms with Crippen LogP contribution in [0.3, 0.4) is 0 Å². The molecule has 0 aliphatic carbocycles. The smallest absolute Gasteiger partial charge is 0.247 e. The van der Waals surface area contributed by atoms with Crippen LogP contribution in [0.25, 0.3) is 0 Å². The highest BCUT2D eigenvalue weighted by atomic mass is 32.2. The molecule has 31 heavy (non-hydrogen) atoms. The van der Waals surface area contributed by atoms with Crippen molar-refractivity contribution in [3.63, 3.8) is 0 Å². The van der Waals surface area contributed by atoms with Gasteiger partial charge in [-0.3, -0.25) is 9.59 Å². The molecule has 0 saturated heterocycles. The van der Waals surface area contributed by atoms with Gasteiger partial charge in [0.25, 0.3) is 0 Å². The van der Waals surface area contributed by atoms with E-state index < -0.39 is 40.2 Å². The quantitative estimate of drug-likeness (QED) is 0.558. The van der Waals surface area contributed by atoms with Crippen molar-refractivity contribution in [2.24, 2.45) is 0 Å². The third-order valence-corrected chi connectivity index (χ3v) is 5.86. The molecule has 0 unspecified atom stereocenters. The van der Waals surface area contributed by atoms with Crippen molar-refractivity contribution in [1.29, 1.82) is 0 Å². The van der Waals surface area contributed by atoms with E-state index in [0.717, 1.165) is 10.6 Å². The fourth-order valence-corrected chi connectivity index (χ4v) is 3.24. The first-order valence-electron chi connectivity index (χ1n) is 9.52. The van der Waals surface area contributed by atoms with E-state index >= 15 is 0 Å². The number of likely N-dealkylation sites (N-methyl/N-ethyl adjacent to an activating group) is 1. The van der Waals surface area contributed by atoms with Crippen LogP contribution in [0, 0.1) is 5.82 Å². The summed E-state index contributed by atoms with van der Waals surface area (Å²) >= 11 is 0. The van der Waals surface area contributed by atoms with E-state index in [1.807, 2.05) is 0 Å². The van der Waals surface area contributed by atoms with Crippen LogP contribution >= 0.6 is 0 Å². The number of hydrogen-bond donors (Lipinski definition) is 2. The first kappa shape index (κ1) is 24.4. The number of rotatable bonds is 10. The Hall–Kier alpha value is -2.82. The Kier molecular flexibility index (Phi) is 8.66. The van der Waals surface area contributed by atoms with Crippen LogP contribution in [-0.4, -0.2) is 67.5 Å². The maximum Gasteiger partial charge on any atom is 0.247 e. The molecule has 0 fully saturated rings. The van der Waals surface area contributed by atoms with Gasteiger partial charge in [0.2, 0.25) is 21.8 Å². The average Bonchev–Trinajstić information content (AvgIpc) is 2.73. The van der Waals surface area contributed by atoms with Crippen LogP contribution in [0.2, 0.25) is 0 Å². The average molecular weight is 452 g/mol. The number of aliphatic hydroxyl groups is 1. The molecule has 168 valence electrons. The Morgan fingerprint density at radius 2 is 1.71 bits per heavy atom.